The summed E-state index contributed by atoms with van der Waals surface area (Å²) in [6, 6.07) is 1.97. The minimum absolute atomic E-state index is 0.113. The molecule has 2 saturated carbocycles. The Morgan fingerprint density at radius 3 is 3.27 bits per heavy atom. The quantitative estimate of drug-likeness (QED) is 0.785. The highest BCUT2D eigenvalue weighted by molar-refractivity contribution is 7.05. The molecule has 2 fully saturated rings. The Balaban J connectivity index is 1.70. The van der Waals surface area contributed by atoms with Crippen LogP contribution in [-0.4, -0.2) is 10.2 Å². The second-order valence-corrected chi connectivity index (χ2v) is 5.80. The van der Waals surface area contributed by atoms with Gasteiger partial charge in [-0.1, -0.05) is 12.8 Å². The van der Waals surface area contributed by atoms with Gasteiger partial charge < -0.3 is 0 Å². The smallest absolute Gasteiger partial charge is 0.144 e. The van der Waals surface area contributed by atoms with Gasteiger partial charge in [0.2, 0.25) is 0 Å². The van der Waals surface area contributed by atoms with Crippen LogP contribution in [-0.2, 0) is 11.2 Å². The van der Waals surface area contributed by atoms with Crippen molar-refractivity contribution >= 4 is 17.3 Å². The minimum atomic E-state index is 0.113. The van der Waals surface area contributed by atoms with Crippen LogP contribution in [0.3, 0.4) is 0 Å². The zero-order chi connectivity index (χ0) is 10.3. The molecule has 1 heterocycles. The lowest BCUT2D eigenvalue weighted by molar-refractivity contribution is -0.124. The molecule has 3 heteroatoms. The first kappa shape index (κ1) is 9.52. The molecule has 3 rings (SSSR count). The number of hydrogen-bond acceptors (Lipinski definition) is 3. The van der Waals surface area contributed by atoms with Crippen LogP contribution in [0.25, 0.3) is 0 Å². The van der Waals surface area contributed by atoms with Gasteiger partial charge in [0.25, 0.3) is 0 Å². The summed E-state index contributed by atoms with van der Waals surface area (Å²) in [5, 5.41) is 0. The van der Waals surface area contributed by atoms with Crippen molar-refractivity contribution in [3.8, 4) is 0 Å². The van der Waals surface area contributed by atoms with Crippen LogP contribution < -0.4 is 0 Å². The second-order valence-electron chi connectivity index (χ2n) is 4.88. The number of fused-ring (bicyclic) bond motifs is 1. The monoisotopic (exact) mass is 221 g/mol. The summed E-state index contributed by atoms with van der Waals surface area (Å²) in [5.41, 5.74) is 0.113. The number of Topliss-reactive ketones (excluding diaryl/α,β-unsaturated/α-hetero) is 1. The molecular formula is C12H15NOS. The molecule has 2 atom stereocenters. The van der Waals surface area contributed by atoms with Gasteiger partial charge in [-0.05, 0) is 42.8 Å². The summed E-state index contributed by atoms with van der Waals surface area (Å²) < 4.78 is 4.05. The Labute approximate surface area is 93.9 Å². The largest absolute Gasteiger partial charge is 0.299 e. The summed E-state index contributed by atoms with van der Waals surface area (Å²) in [6.07, 6.45) is 8.61. The normalized spacial score (nSPS) is 33.5. The van der Waals surface area contributed by atoms with E-state index >= 15 is 0 Å². The molecule has 2 nitrogen and oxygen atoms in total. The van der Waals surface area contributed by atoms with Crippen molar-refractivity contribution in [2.75, 3.05) is 0 Å². The van der Waals surface area contributed by atoms with Crippen molar-refractivity contribution < 1.29 is 4.79 Å². The third kappa shape index (κ3) is 1.53. The third-order valence-corrected chi connectivity index (χ3v) is 4.78. The van der Waals surface area contributed by atoms with Crippen molar-refractivity contribution in [3.63, 3.8) is 0 Å². The van der Waals surface area contributed by atoms with Gasteiger partial charge in [-0.3, -0.25) is 4.79 Å². The average molecular weight is 221 g/mol. The second kappa shape index (κ2) is 3.41. The van der Waals surface area contributed by atoms with E-state index in [1.54, 1.807) is 6.20 Å². The van der Waals surface area contributed by atoms with Crippen molar-refractivity contribution in [2.45, 2.75) is 38.5 Å². The van der Waals surface area contributed by atoms with E-state index in [0.717, 1.165) is 17.2 Å². The van der Waals surface area contributed by atoms with E-state index in [4.69, 9.17) is 0 Å². The Hall–Kier alpha value is -0.700. The summed E-state index contributed by atoms with van der Waals surface area (Å²) >= 11 is 1.46. The van der Waals surface area contributed by atoms with Gasteiger partial charge in [0, 0.05) is 22.9 Å². The van der Waals surface area contributed by atoms with Crippen molar-refractivity contribution in [1.82, 2.24) is 4.37 Å². The maximum absolute atomic E-state index is 12.2. The highest BCUT2D eigenvalue weighted by Gasteiger charge is 2.59. The number of rotatable bonds is 3. The van der Waals surface area contributed by atoms with E-state index in [1.165, 1.54) is 37.2 Å². The van der Waals surface area contributed by atoms with Crippen molar-refractivity contribution in [3.05, 3.63) is 17.1 Å². The van der Waals surface area contributed by atoms with Crippen LogP contribution in [0.15, 0.2) is 12.3 Å². The summed E-state index contributed by atoms with van der Waals surface area (Å²) in [4.78, 5) is 13.3. The van der Waals surface area contributed by atoms with Crippen molar-refractivity contribution in [1.29, 1.82) is 0 Å². The van der Waals surface area contributed by atoms with E-state index in [9.17, 15) is 4.79 Å². The number of ketones is 1. The molecule has 15 heavy (non-hydrogen) atoms. The first-order valence-electron chi connectivity index (χ1n) is 5.74. The van der Waals surface area contributed by atoms with Crippen LogP contribution in [0.4, 0.5) is 0 Å². The average Bonchev–Trinajstić information content (AvgIpc) is 2.81. The molecule has 1 aromatic rings. The lowest BCUT2D eigenvalue weighted by atomic mass is 9.84. The molecule has 2 unspecified atom stereocenters. The maximum Gasteiger partial charge on any atom is 0.144 e. The SMILES string of the molecule is O=C(Cc1ccns1)C12CCCCC1C2. The molecule has 0 amide bonds. The fourth-order valence-electron chi connectivity index (χ4n) is 3.05. The molecule has 0 radical (unpaired) electrons. The zero-order valence-corrected chi connectivity index (χ0v) is 9.55. The van der Waals surface area contributed by atoms with E-state index in [2.05, 4.69) is 4.37 Å². The number of nitrogens with zero attached hydrogens (tertiary/aromatic N) is 1. The van der Waals surface area contributed by atoms with Crippen LogP contribution in [0, 0.1) is 11.3 Å². The van der Waals surface area contributed by atoms with E-state index in [1.807, 2.05) is 6.07 Å². The van der Waals surface area contributed by atoms with Gasteiger partial charge in [-0.25, -0.2) is 4.37 Å². The predicted octanol–water partition coefficient (Wildman–Crippen LogP) is 2.84. The Morgan fingerprint density at radius 2 is 2.53 bits per heavy atom. The number of aromatic nitrogens is 1. The van der Waals surface area contributed by atoms with Gasteiger partial charge in [0.15, 0.2) is 0 Å². The highest BCUT2D eigenvalue weighted by Crippen LogP contribution is 2.62. The van der Waals surface area contributed by atoms with Crippen LogP contribution in [0.5, 0.6) is 0 Å². The summed E-state index contributed by atoms with van der Waals surface area (Å²) in [6.45, 7) is 0. The fourth-order valence-corrected chi connectivity index (χ4v) is 3.62. The van der Waals surface area contributed by atoms with Gasteiger partial charge in [-0.15, -0.1) is 0 Å². The number of carbonyl (C=O) groups is 1. The van der Waals surface area contributed by atoms with Crippen LogP contribution in [0.1, 0.15) is 37.0 Å². The van der Waals surface area contributed by atoms with Gasteiger partial charge in [0.05, 0.1) is 0 Å². The predicted molar refractivity (Wildman–Crippen MR) is 59.8 cm³/mol. The Morgan fingerprint density at radius 1 is 1.60 bits per heavy atom. The Kier molecular flexibility index (Phi) is 2.16. The first-order valence-corrected chi connectivity index (χ1v) is 6.51. The van der Waals surface area contributed by atoms with Gasteiger partial charge >= 0.3 is 0 Å². The molecule has 80 valence electrons. The molecule has 0 aliphatic heterocycles. The first-order chi connectivity index (χ1) is 7.31. The molecule has 0 bridgehead atoms. The molecule has 0 N–H and O–H groups in total. The summed E-state index contributed by atoms with van der Waals surface area (Å²) in [5.74, 6) is 1.21. The van der Waals surface area contributed by atoms with Crippen molar-refractivity contribution in [2.24, 2.45) is 11.3 Å². The molecule has 0 spiro atoms. The lowest BCUT2D eigenvalue weighted by Gasteiger charge is -2.20. The standard InChI is InChI=1S/C12H15NOS/c14-11(7-10-4-6-13-15-10)12-5-2-1-3-9(12)8-12/h4,6,9H,1-3,5,7-8H2. The molecule has 1 aromatic heterocycles. The number of carbonyl (C=O) groups excluding carboxylic acids is 1. The third-order valence-electron chi connectivity index (χ3n) is 4.04. The van der Waals surface area contributed by atoms with E-state index in [-0.39, 0.29) is 5.41 Å². The molecule has 2 aliphatic carbocycles. The maximum atomic E-state index is 12.2. The minimum Gasteiger partial charge on any atom is -0.299 e. The zero-order valence-electron chi connectivity index (χ0n) is 8.74. The number of hydrogen-bond donors (Lipinski definition) is 0. The van der Waals surface area contributed by atoms with Gasteiger partial charge in [0.1, 0.15) is 5.78 Å². The van der Waals surface area contributed by atoms with Crippen LogP contribution in [0.2, 0.25) is 0 Å². The lowest BCUT2D eigenvalue weighted by Crippen LogP contribution is -2.22. The van der Waals surface area contributed by atoms with E-state index < -0.39 is 0 Å². The molecule has 0 saturated heterocycles. The van der Waals surface area contributed by atoms with Crippen LogP contribution >= 0.6 is 11.5 Å². The van der Waals surface area contributed by atoms with Gasteiger partial charge in [-0.2, -0.15) is 0 Å². The molecule has 2 aliphatic rings. The topological polar surface area (TPSA) is 30.0 Å². The fraction of sp³-hybridized carbons (Fsp3) is 0.667. The molecule has 0 aromatic carbocycles. The van der Waals surface area contributed by atoms with E-state index in [0.29, 0.717) is 12.2 Å². The highest BCUT2D eigenvalue weighted by atomic mass is 32.1. The Bertz CT molecular complexity index is 373. The molecular weight excluding hydrogens is 206 g/mol. The summed E-state index contributed by atoms with van der Waals surface area (Å²) in [7, 11) is 0.